The van der Waals surface area contributed by atoms with Crippen molar-refractivity contribution in [3.05, 3.63) is 89.8 Å². The molecule has 4 aromatic rings. The molecule has 2 amide bonds. The van der Waals surface area contributed by atoms with Crippen LogP contribution in [0.25, 0.3) is 16.8 Å². The highest BCUT2D eigenvalue weighted by molar-refractivity contribution is 6.04. The molecule has 1 aliphatic heterocycles. The van der Waals surface area contributed by atoms with E-state index < -0.39 is 0 Å². The van der Waals surface area contributed by atoms with Crippen molar-refractivity contribution in [3.8, 4) is 11.3 Å². The highest BCUT2D eigenvalue weighted by Gasteiger charge is 2.31. The van der Waals surface area contributed by atoms with E-state index in [4.69, 9.17) is 9.72 Å². The minimum atomic E-state index is -0.219. The second-order valence-electron chi connectivity index (χ2n) is 10.3. The summed E-state index contributed by atoms with van der Waals surface area (Å²) in [6.45, 7) is 5.15. The summed E-state index contributed by atoms with van der Waals surface area (Å²) in [6.07, 6.45) is 13.5. The zero-order chi connectivity index (χ0) is 28.8. The van der Waals surface area contributed by atoms with Crippen LogP contribution in [0.2, 0.25) is 0 Å². The van der Waals surface area contributed by atoms with E-state index >= 15 is 0 Å². The van der Waals surface area contributed by atoms with Gasteiger partial charge in [0.25, 0.3) is 5.91 Å². The molecular weight excluding hydrogens is 516 g/mol. The van der Waals surface area contributed by atoms with Crippen LogP contribution >= 0.6 is 0 Å². The molecule has 1 atom stereocenters. The zero-order valence-corrected chi connectivity index (χ0v) is 23.8. The van der Waals surface area contributed by atoms with Gasteiger partial charge in [-0.1, -0.05) is 31.6 Å². The molecule has 4 heterocycles. The summed E-state index contributed by atoms with van der Waals surface area (Å²) in [6, 6.07) is 11.1. The third-order valence-corrected chi connectivity index (χ3v) is 7.40. The maximum Gasteiger partial charge on any atom is 0.256 e. The summed E-state index contributed by atoms with van der Waals surface area (Å²) in [5.74, 6) is 1.10. The zero-order valence-electron chi connectivity index (χ0n) is 23.8. The van der Waals surface area contributed by atoms with E-state index in [0.29, 0.717) is 24.5 Å². The number of ether oxygens (including phenoxy) is 1. The number of hydrogen-bond acceptors (Lipinski definition) is 6. The maximum atomic E-state index is 13.1. The minimum Gasteiger partial charge on any atom is -0.381 e. The Balaban J connectivity index is 1.44. The second kappa shape index (κ2) is 12.9. The highest BCUT2D eigenvalue weighted by Crippen LogP contribution is 2.35. The van der Waals surface area contributed by atoms with Gasteiger partial charge in [0.05, 0.1) is 29.6 Å². The monoisotopic (exact) mass is 552 g/mol. The van der Waals surface area contributed by atoms with Gasteiger partial charge >= 0.3 is 0 Å². The largest absolute Gasteiger partial charge is 0.381 e. The smallest absolute Gasteiger partial charge is 0.256 e. The Hall–Kier alpha value is -4.37. The van der Waals surface area contributed by atoms with Crippen LogP contribution in [0.5, 0.6) is 0 Å². The lowest BCUT2D eigenvalue weighted by atomic mass is 10.0. The van der Waals surface area contributed by atoms with Crippen LogP contribution in [-0.2, 0) is 16.0 Å². The number of carbonyl (C=O) groups excluding carboxylic acids is 2. The average molecular weight is 553 g/mol. The van der Waals surface area contributed by atoms with Gasteiger partial charge in [-0.05, 0) is 62.4 Å². The number of anilines is 1. The summed E-state index contributed by atoms with van der Waals surface area (Å²) in [5, 5.41) is 2.91. The molecule has 9 heteroatoms. The van der Waals surface area contributed by atoms with E-state index in [1.807, 2.05) is 42.3 Å². The molecule has 1 fully saturated rings. The molecule has 212 valence electrons. The Morgan fingerprint density at radius 3 is 2.73 bits per heavy atom. The molecule has 0 radical (unpaired) electrons. The molecule has 0 spiro atoms. The second-order valence-corrected chi connectivity index (χ2v) is 10.3. The molecule has 0 unspecified atom stereocenters. The first-order valence-corrected chi connectivity index (χ1v) is 14.2. The van der Waals surface area contributed by atoms with Gasteiger partial charge < -0.3 is 15.0 Å². The molecule has 0 saturated carbocycles. The van der Waals surface area contributed by atoms with E-state index in [2.05, 4.69) is 26.6 Å². The molecular formula is C32H36N6O3. The molecule has 1 aromatic carbocycles. The SMILES string of the molecule is CCCc1ccnc(NC(=O)c2ccc(-c3nc([C@@H]4CCCCN4C(=O)C=CCOC)n4ccnc(C)c34)cc2)c1. The fourth-order valence-electron chi connectivity index (χ4n) is 5.42. The van der Waals surface area contributed by atoms with Gasteiger partial charge in [0.15, 0.2) is 0 Å². The van der Waals surface area contributed by atoms with Crippen LogP contribution in [0.3, 0.4) is 0 Å². The number of piperidine rings is 1. The maximum absolute atomic E-state index is 13.1. The Labute approximate surface area is 240 Å². The summed E-state index contributed by atoms with van der Waals surface area (Å²) in [5.41, 5.74) is 5.06. The highest BCUT2D eigenvalue weighted by atomic mass is 16.5. The number of likely N-dealkylation sites (tertiary alicyclic amines) is 1. The van der Waals surface area contributed by atoms with Crippen LogP contribution in [0, 0.1) is 6.92 Å². The van der Waals surface area contributed by atoms with Gasteiger partial charge in [0.1, 0.15) is 11.6 Å². The predicted molar refractivity (Wildman–Crippen MR) is 159 cm³/mol. The number of imidazole rings is 1. The number of rotatable bonds is 9. The first-order valence-electron chi connectivity index (χ1n) is 14.2. The molecule has 3 aromatic heterocycles. The number of carbonyl (C=O) groups is 2. The van der Waals surface area contributed by atoms with Crippen molar-refractivity contribution < 1.29 is 14.3 Å². The number of hydrogen-bond donors (Lipinski definition) is 1. The standard InChI is InChI=1S/C32H36N6O3/c1-4-8-23-15-16-34-27(21-23)35-32(40)25-13-11-24(12-14-25)29-30-22(2)33-17-19-38(30)31(36-29)26-9-5-6-18-37(26)28(39)10-7-20-41-3/h7,10-17,19,21,26H,4-6,8-9,18,20H2,1-3H3,(H,34,35,40)/t26-/m0/s1. The topological polar surface area (TPSA) is 102 Å². The molecule has 1 aliphatic rings. The van der Waals surface area contributed by atoms with Crippen LogP contribution in [0.1, 0.15) is 66.1 Å². The van der Waals surface area contributed by atoms with Crippen molar-refractivity contribution in [2.45, 2.75) is 52.0 Å². The summed E-state index contributed by atoms with van der Waals surface area (Å²) in [4.78, 5) is 41.9. The van der Waals surface area contributed by atoms with Crippen molar-refractivity contribution in [1.82, 2.24) is 24.3 Å². The number of nitrogens with zero attached hydrogens (tertiary/aromatic N) is 5. The molecule has 1 N–H and O–H groups in total. The lowest BCUT2D eigenvalue weighted by Crippen LogP contribution is -2.38. The molecule has 41 heavy (non-hydrogen) atoms. The third-order valence-electron chi connectivity index (χ3n) is 7.40. The van der Waals surface area contributed by atoms with E-state index in [9.17, 15) is 9.59 Å². The van der Waals surface area contributed by atoms with E-state index in [0.717, 1.165) is 66.0 Å². The van der Waals surface area contributed by atoms with Gasteiger partial charge in [-0.2, -0.15) is 0 Å². The quantitative estimate of drug-likeness (QED) is 0.273. The number of fused-ring (bicyclic) bond motifs is 1. The average Bonchev–Trinajstić information content (AvgIpc) is 3.38. The first-order chi connectivity index (χ1) is 20.0. The van der Waals surface area contributed by atoms with Gasteiger partial charge in [0, 0.05) is 49.4 Å². The normalized spacial score (nSPS) is 15.5. The number of nitrogens with one attached hydrogen (secondary N) is 1. The number of benzene rings is 1. The number of amides is 2. The van der Waals surface area contributed by atoms with E-state index in [1.165, 1.54) is 0 Å². The number of aromatic nitrogens is 4. The van der Waals surface area contributed by atoms with Crippen molar-refractivity contribution in [2.75, 3.05) is 25.6 Å². The van der Waals surface area contributed by atoms with Gasteiger partial charge in [-0.15, -0.1) is 0 Å². The molecule has 1 saturated heterocycles. The van der Waals surface area contributed by atoms with Gasteiger partial charge in [0.2, 0.25) is 5.91 Å². The van der Waals surface area contributed by atoms with Crippen molar-refractivity contribution >= 4 is 23.1 Å². The number of pyridine rings is 1. The van der Waals surface area contributed by atoms with Gasteiger partial charge in [-0.3, -0.25) is 19.0 Å². The van der Waals surface area contributed by atoms with E-state index in [1.54, 1.807) is 43.8 Å². The summed E-state index contributed by atoms with van der Waals surface area (Å²) < 4.78 is 7.13. The fourth-order valence-corrected chi connectivity index (χ4v) is 5.42. The summed E-state index contributed by atoms with van der Waals surface area (Å²) >= 11 is 0. The van der Waals surface area contributed by atoms with Crippen molar-refractivity contribution in [1.29, 1.82) is 0 Å². The first kappa shape index (κ1) is 28.2. The third kappa shape index (κ3) is 6.20. The Bertz CT molecular complexity index is 1560. The van der Waals surface area contributed by atoms with Crippen LogP contribution in [0.15, 0.2) is 67.1 Å². The molecule has 5 rings (SSSR count). The fraction of sp³-hybridized carbons (Fsp3) is 0.344. The molecule has 9 nitrogen and oxygen atoms in total. The molecule has 0 aliphatic carbocycles. The van der Waals surface area contributed by atoms with Crippen molar-refractivity contribution in [2.24, 2.45) is 0 Å². The Kier molecular flexibility index (Phi) is 8.84. The number of aryl methyl sites for hydroxylation is 2. The number of methoxy groups -OCH3 is 1. The lowest BCUT2D eigenvalue weighted by molar-refractivity contribution is -0.130. The predicted octanol–water partition coefficient (Wildman–Crippen LogP) is 5.56. The lowest BCUT2D eigenvalue weighted by Gasteiger charge is -2.34. The van der Waals surface area contributed by atoms with E-state index in [-0.39, 0.29) is 17.9 Å². The van der Waals surface area contributed by atoms with Gasteiger partial charge in [-0.25, -0.2) is 9.97 Å². The van der Waals surface area contributed by atoms with Crippen molar-refractivity contribution in [3.63, 3.8) is 0 Å². The Morgan fingerprint density at radius 1 is 1.12 bits per heavy atom. The minimum absolute atomic E-state index is 0.0408. The Morgan fingerprint density at radius 2 is 1.95 bits per heavy atom. The van der Waals surface area contributed by atoms with Crippen LogP contribution in [-0.4, -0.2) is 56.3 Å². The summed E-state index contributed by atoms with van der Waals surface area (Å²) in [7, 11) is 1.61. The molecule has 0 bridgehead atoms. The van der Waals surface area contributed by atoms with Crippen LogP contribution in [0.4, 0.5) is 5.82 Å². The van der Waals surface area contributed by atoms with Crippen LogP contribution < -0.4 is 5.32 Å².